The summed E-state index contributed by atoms with van der Waals surface area (Å²) < 4.78 is 5.09. The van der Waals surface area contributed by atoms with Crippen molar-refractivity contribution in [2.24, 2.45) is 0 Å². The molecule has 0 saturated carbocycles. The maximum Gasteiger partial charge on any atom is 1.00 e. The average Bonchev–Trinajstić information content (AvgIpc) is 2.42. The molecule has 0 fully saturated rings. The summed E-state index contributed by atoms with van der Waals surface area (Å²) in [4.78, 5) is 10.5. The Morgan fingerprint density at radius 2 is 2.20 bits per heavy atom. The Balaban J connectivity index is 0.000000980. The van der Waals surface area contributed by atoms with E-state index >= 15 is 0 Å². The fourth-order valence-electron chi connectivity index (χ4n) is 1.46. The van der Waals surface area contributed by atoms with Gasteiger partial charge in [0.25, 0.3) is 0 Å². The van der Waals surface area contributed by atoms with Gasteiger partial charge in [-0.2, -0.15) is 11.6 Å². The normalized spacial score (nSPS) is 12.7. The van der Waals surface area contributed by atoms with Crippen LogP contribution >= 0.6 is 0 Å². The Bertz CT molecular complexity index is 357. The molecular weight excluding hydrogens is 264 g/mol. The van der Waals surface area contributed by atoms with Crippen LogP contribution in [0.2, 0.25) is 0 Å². The van der Waals surface area contributed by atoms with Crippen LogP contribution in [0.3, 0.4) is 0 Å². The zero-order chi connectivity index (χ0) is 9.42. The maximum atomic E-state index is 10.5. The van der Waals surface area contributed by atoms with E-state index in [0.29, 0.717) is 11.7 Å². The van der Waals surface area contributed by atoms with Crippen LogP contribution in [0.1, 0.15) is 30.3 Å². The first kappa shape index (κ1) is 15.6. The molecule has 0 aromatic heterocycles. The van der Waals surface area contributed by atoms with Gasteiger partial charge < -0.3 is 9.68 Å². The van der Waals surface area contributed by atoms with Gasteiger partial charge in [0.15, 0.2) is 0 Å². The second-order valence-corrected chi connectivity index (χ2v) is 2.99. The van der Waals surface area contributed by atoms with Crippen LogP contribution in [-0.2, 0) is 4.65 Å². The molecule has 0 radical (unpaired) electrons. The zero-order valence-corrected chi connectivity index (χ0v) is 13.1. The van der Waals surface area contributed by atoms with Crippen molar-refractivity contribution in [3.05, 3.63) is 35.4 Å². The molecule has 0 aliphatic carbocycles. The van der Waals surface area contributed by atoms with Crippen LogP contribution < -0.4 is 63.7 Å². The number of carbonyl (C=O) groups is 1. The van der Waals surface area contributed by atoms with E-state index in [-0.39, 0.29) is 65.6 Å². The summed E-state index contributed by atoms with van der Waals surface area (Å²) in [6.07, 6.45) is 1.43. The molecule has 0 atom stereocenters. The van der Waals surface area contributed by atoms with Crippen molar-refractivity contribution in [3.63, 3.8) is 0 Å². The summed E-state index contributed by atoms with van der Waals surface area (Å²) in [6.45, 7) is 1.77. The monoisotopic (exact) mass is 276 g/mol. The second-order valence-electron chi connectivity index (χ2n) is 2.99. The van der Waals surface area contributed by atoms with Gasteiger partial charge in [-0.25, -0.2) is 0 Å². The van der Waals surface area contributed by atoms with Crippen LogP contribution in [0.4, 0.5) is 0 Å². The number of hydrogen-bond donors (Lipinski definition) is 1. The smallest absolute Gasteiger partial charge is 0.452 e. The number of carbonyl (C=O) groups excluding carboxylic acids is 1. The topological polar surface area (TPSA) is 46.5 Å². The quantitative estimate of drug-likeness (QED) is 0.358. The van der Waals surface area contributed by atoms with Crippen molar-refractivity contribution in [2.75, 3.05) is 0 Å². The van der Waals surface area contributed by atoms with Gasteiger partial charge in [0.05, 0.1) is 0 Å². The van der Waals surface area contributed by atoms with E-state index in [0.717, 1.165) is 17.3 Å². The Hall–Kier alpha value is 0.550. The van der Waals surface area contributed by atoms with Crippen molar-refractivity contribution in [1.29, 1.82) is 0 Å². The van der Waals surface area contributed by atoms with Crippen LogP contribution in [0, 0.1) is 6.10 Å². The molecule has 15 heavy (non-hydrogen) atoms. The Labute approximate surface area is 139 Å². The average molecular weight is 276 g/mol. The van der Waals surface area contributed by atoms with E-state index in [2.05, 4.69) is 0 Å². The molecule has 1 N–H and O–H groups in total. The van der Waals surface area contributed by atoms with Gasteiger partial charge >= 0.3 is 65.3 Å². The van der Waals surface area contributed by atoms with Gasteiger partial charge in [0.1, 0.15) is 6.29 Å². The fourth-order valence-corrected chi connectivity index (χ4v) is 1.46. The third-order valence-electron chi connectivity index (χ3n) is 2.15. The van der Waals surface area contributed by atoms with Crippen LogP contribution in [0.25, 0.3) is 0 Å². The van der Waals surface area contributed by atoms with Crippen molar-refractivity contribution in [3.8, 4) is 0 Å². The Morgan fingerprint density at radius 3 is 2.80 bits per heavy atom. The maximum absolute atomic E-state index is 10.5. The third-order valence-corrected chi connectivity index (χ3v) is 2.15. The van der Waals surface area contributed by atoms with Gasteiger partial charge in [-0.05, 0) is 5.56 Å². The summed E-state index contributed by atoms with van der Waals surface area (Å²) in [5, 5.41) is 9.38. The Kier molecular flexibility index (Phi) is 6.56. The first-order valence-electron chi connectivity index (χ1n) is 4.00. The molecule has 0 amide bonds. The van der Waals surface area contributed by atoms with Gasteiger partial charge in [0.2, 0.25) is 0 Å². The van der Waals surface area contributed by atoms with Crippen LogP contribution in [0.15, 0.2) is 18.2 Å². The molecule has 1 aliphatic heterocycles. The molecule has 0 unspecified atom stereocenters. The van der Waals surface area contributed by atoms with Crippen molar-refractivity contribution < 1.29 is 72.7 Å². The molecule has 1 aliphatic rings. The molecule has 0 saturated heterocycles. The van der Waals surface area contributed by atoms with Crippen LogP contribution in [-0.4, -0.2) is 18.4 Å². The van der Waals surface area contributed by atoms with E-state index in [1.807, 2.05) is 0 Å². The fraction of sp³-hybridized carbons (Fsp3) is 0.200. The number of fused-ring (bicyclic) bond motifs is 1. The molecule has 3 nitrogen and oxygen atoms in total. The summed E-state index contributed by atoms with van der Waals surface area (Å²) in [6, 6.07) is 5.09. The SMILES string of the molecule is C.C[C-]1OB(O)c2ccc(C=O)cc21.[Rb+]. The molecule has 0 spiro atoms. The van der Waals surface area contributed by atoms with Gasteiger partial charge in [0, 0.05) is 0 Å². The minimum atomic E-state index is -0.879. The number of benzene rings is 1. The van der Waals surface area contributed by atoms with Gasteiger partial charge in [-0.3, -0.25) is 4.79 Å². The summed E-state index contributed by atoms with van der Waals surface area (Å²) in [5.41, 5.74) is 2.14. The summed E-state index contributed by atoms with van der Waals surface area (Å²) in [5.74, 6) is 0. The molecule has 1 aromatic carbocycles. The van der Waals surface area contributed by atoms with Crippen molar-refractivity contribution in [1.82, 2.24) is 0 Å². The first-order valence-corrected chi connectivity index (χ1v) is 4.00. The second kappa shape index (κ2) is 6.33. The van der Waals surface area contributed by atoms with E-state index in [4.69, 9.17) is 4.65 Å². The molecule has 1 aromatic rings. The minimum Gasteiger partial charge on any atom is -0.452 e. The van der Waals surface area contributed by atoms with Gasteiger partial charge in [-0.1, -0.05) is 26.5 Å². The van der Waals surface area contributed by atoms with Gasteiger partial charge in [-0.15, -0.1) is 11.5 Å². The van der Waals surface area contributed by atoms with E-state index in [1.165, 1.54) is 0 Å². The zero-order valence-electron chi connectivity index (χ0n) is 8.15. The number of rotatable bonds is 1. The predicted octanol–water partition coefficient (Wildman–Crippen LogP) is -2.24. The molecule has 0 bridgehead atoms. The standard InChI is InChI=1S/C9H8BO3.CH4.Rb/c1-6-8-4-7(5-11)2-3-9(8)10(12)13-6;;/h2-5,12H,1H3;1H4;/q-1;;+1. The summed E-state index contributed by atoms with van der Waals surface area (Å²) >= 11 is 0. The largest absolute Gasteiger partial charge is 1.00 e. The number of hydrogen-bond acceptors (Lipinski definition) is 3. The van der Waals surface area contributed by atoms with Crippen molar-refractivity contribution >= 4 is 18.9 Å². The number of aldehydes is 1. The van der Waals surface area contributed by atoms with E-state index in [1.54, 1.807) is 25.1 Å². The molecule has 5 heteroatoms. The summed E-state index contributed by atoms with van der Waals surface area (Å²) in [7, 11) is -0.879. The molecular formula is C10H12BO3Rb. The van der Waals surface area contributed by atoms with E-state index < -0.39 is 7.12 Å². The molecule has 74 valence electrons. The molecule has 2 rings (SSSR count). The predicted molar refractivity (Wildman–Crippen MR) is 55.3 cm³/mol. The molecule has 1 heterocycles. The third kappa shape index (κ3) is 3.02. The Morgan fingerprint density at radius 1 is 1.53 bits per heavy atom. The first-order chi connectivity index (χ1) is 6.22. The minimum absolute atomic E-state index is 0. The van der Waals surface area contributed by atoms with Crippen LogP contribution in [0.5, 0.6) is 0 Å². The van der Waals surface area contributed by atoms with Crippen molar-refractivity contribution in [2.45, 2.75) is 14.4 Å². The van der Waals surface area contributed by atoms with E-state index in [9.17, 15) is 9.82 Å².